The molecule has 1 aliphatic heterocycles. The van der Waals surface area contributed by atoms with E-state index in [1.54, 1.807) is 12.1 Å². The second kappa shape index (κ2) is 5.02. The Labute approximate surface area is 109 Å². The number of carbonyl (C=O) groups excluding carboxylic acids is 2. The van der Waals surface area contributed by atoms with E-state index in [9.17, 15) is 9.59 Å². The Morgan fingerprint density at radius 3 is 2.47 bits per heavy atom. The highest BCUT2D eigenvalue weighted by atomic mass is 35.5. The van der Waals surface area contributed by atoms with Crippen molar-refractivity contribution in [1.82, 2.24) is 9.88 Å². The average Bonchev–Trinajstić information content (AvgIpc) is 2.28. The molecule has 0 aromatic carbocycles. The van der Waals surface area contributed by atoms with Crippen LogP contribution in [0.2, 0.25) is 10.2 Å². The summed E-state index contributed by atoms with van der Waals surface area (Å²) < 4.78 is 0. The molecule has 17 heavy (non-hydrogen) atoms. The Morgan fingerprint density at radius 1 is 1.18 bits per heavy atom. The number of rotatable bonds is 2. The molecule has 0 aliphatic carbocycles. The number of amides is 2. The summed E-state index contributed by atoms with van der Waals surface area (Å²) in [4.78, 5) is 28.4. The maximum atomic E-state index is 11.6. The first kappa shape index (κ1) is 12.3. The number of likely N-dealkylation sites (tertiary alicyclic amines) is 1. The number of hydrogen-bond donors (Lipinski definition) is 0. The number of carbonyl (C=O) groups is 2. The average molecular weight is 273 g/mol. The molecule has 0 radical (unpaired) electrons. The van der Waals surface area contributed by atoms with Gasteiger partial charge in [0.15, 0.2) is 0 Å². The molecule has 4 nitrogen and oxygen atoms in total. The first-order chi connectivity index (χ1) is 8.08. The molecular weight excluding hydrogens is 263 g/mol. The van der Waals surface area contributed by atoms with Gasteiger partial charge in [0.2, 0.25) is 11.8 Å². The molecule has 2 rings (SSSR count). The zero-order valence-corrected chi connectivity index (χ0v) is 10.5. The molecule has 1 saturated heterocycles. The van der Waals surface area contributed by atoms with Crippen LogP contribution in [-0.4, -0.2) is 21.7 Å². The summed E-state index contributed by atoms with van der Waals surface area (Å²) in [5.41, 5.74) is 0.447. The molecule has 1 aliphatic rings. The number of piperidine rings is 1. The first-order valence-corrected chi connectivity index (χ1v) is 5.97. The summed E-state index contributed by atoms with van der Waals surface area (Å²) >= 11 is 11.7. The van der Waals surface area contributed by atoms with Gasteiger partial charge in [0.05, 0.1) is 17.3 Å². The molecule has 0 bridgehead atoms. The minimum Gasteiger partial charge on any atom is -0.276 e. The summed E-state index contributed by atoms with van der Waals surface area (Å²) in [5.74, 6) is -0.363. The predicted octanol–water partition coefficient (Wildman–Crippen LogP) is 2.43. The lowest BCUT2D eigenvalue weighted by atomic mass is 10.1. The van der Waals surface area contributed by atoms with E-state index in [2.05, 4.69) is 4.98 Å². The third-order valence-electron chi connectivity index (χ3n) is 2.58. The molecule has 1 fully saturated rings. The lowest BCUT2D eigenvalue weighted by Gasteiger charge is -2.24. The molecule has 6 heteroatoms. The molecule has 1 aromatic heterocycles. The van der Waals surface area contributed by atoms with Crippen molar-refractivity contribution < 1.29 is 9.59 Å². The number of nitrogens with zero attached hydrogens (tertiary/aromatic N) is 2. The molecule has 2 heterocycles. The Balaban J connectivity index is 2.21. The largest absolute Gasteiger partial charge is 0.276 e. The lowest BCUT2D eigenvalue weighted by Crippen LogP contribution is -2.39. The van der Waals surface area contributed by atoms with Crippen LogP contribution in [0, 0.1) is 0 Å². The van der Waals surface area contributed by atoms with Crippen LogP contribution in [0.15, 0.2) is 12.1 Å². The number of hydrogen-bond acceptors (Lipinski definition) is 3. The van der Waals surface area contributed by atoms with E-state index in [0.717, 1.165) is 0 Å². The lowest BCUT2D eigenvalue weighted by molar-refractivity contribution is -0.148. The van der Waals surface area contributed by atoms with Crippen LogP contribution in [-0.2, 0) is 16.1 Å². The van der Waals surface area contributed by atoms with Crippen LogP contribution >= 0.6 is 23.2 Å². The maximum Gasteiger partial charge on any atom is 0.229 e. The zero-order valence-electron chi connectivity index (χ0n) is 8.95. The Bertz CT molecular complexity index is 461. The quantitative estimate of drug-likeness (QED) is 0.614. The molecule has 0 spiro atoms. The van der Waals surface area contributed by atoms with E-state index < -0.39 is 0 Å². The van der Waals surface area contributed by atoms with Crippen LogP contribution in [0.5, 0.6) is 0 Å². The molecule has 0 atom stereocenters. The molecule has 0 saturated carbocycles. The minimum atomic E-state index is -0.181. The third kappa shape index (κ3) is 2.76. The van der Waals surface area contributed by atoms with Crippen molar-refractivity contribution in [3.05, 3.63) is 28.0 Å². The van der Waals surface area contributed by atoms with Crippen LogP contribution in [0.4, 0.5) is 0 Å². The smallest absolute Gasteiger partial charge is 0.229 e. The predicted molar refractivity (Wildman–Crippen MR) is 63.7 cm³/mol. The van der Waals surface area contributed by atoms with Crippen molar-refractivity contribution in [3.63, 3.8) is 0 Å². The molecule has 2 amide bonds. The van der Waals surface area contributed by atoms with Gasteiger partial charge < -0.3 is 0 Å². The summed E-state index contributed by atoms with van der Waals surface area (Å²) in [6, 6.07) is 3.17. The summed E-state index contributed by atoms with van der Waals surface area (Å²) in [5, 5.41) is 0.696. The van der Waals surface area contributed by atoms with E-state index in [1.165, 1.54) is 4.90 Å². The van der Waals surface area contributed by atoms with Gasteiger partial charge >= 0.3 is 0 Å². The monoisotopic (exact) mass is 272 g/mol. The molecule has 0 N–H and O–H groups in total. The van der Waals surface area contributed by atoms with Gasteiger partial charge in [0, 0.05) is 12.8 Å². The summed E-state index contributed by atoms with van der Waals surface area (Å²) in [6.07, 6.45) is 1.40. The van der Waals surface area contributed by atoms with Gasteiger partial charge in [-0.05, 0) is 18.6 Å². The fraction of sp³-hybridized carbons (Fsp3) is 0.364. The van der Waals surface area contributed by atoms with E-state index in [1.807, 2.05) is 0 Å². The van der Waals surface area contributed by atoms with Gasteiger partial charge in [0.1, 0.15) is 5.15 Å². The highest BCUT2D eigenvalue weighted by molar-refractivity contribution is 6.32. The standard InChI is InChI=1S/C11H10Cl2N2O2/c12-7-4-5-9(13)14-8(7)6-15-10(16)2-1-3-11(15)17/h4-5H,1-3,6H2. The van der Waals surface area contributed by atoms with Crippen LogP contribution in [0.1, 0.15) is 25.0 Å². The minimum absolute atomic E-state index is 0.0943. The maximum absolute atomic E-state index is 11.6. The van der Waals surface area contributed by atoms with Gasteiger partial charge in [-0.1, -0.05) is 23.2 Å². The number of pyridine rings is 1. The van der Waals surface area contributed by atoms with E-state index in [-0.39, 0.29) is 18.4 Å². The normalized spacial score (nSPS) is 16.5. The SMILES string of the molecule is O=C1CCCC(=O)N1Cc1nc(Cl)ccc1Cl. The zero-order chi connectivity index (χ0) is 12.4. The Kier molecular flexibility index (Phi) is 3.64. The molecule has 1 aromatic rings. The van der Waals surface area contributed by atoms with Crippen molar-refractivity contribution in [2.75, 3.05) is 0 Å². The number of halogens is 2. The molecule has 90 valence electrons. The Morgan fingerprint density at radius 2 is 1.82 bits per heavy atom. The Hall–Kier alpha value is -1.13. The fourth-order valence-electron chi connectivity index (χ4n) is 1.69. The third-order valence-corrected chi connectivity index (χ3v) is 3.13. The molecular formula is C11H10Cl2N2O2. The van der Waals surface area contributed by atoms with Crippen molar-refractivity contribution in [1.29, 1.82) is 0 Å². The fourth-order valence-corrected chi connectivity index (χ4v) is 2.02. The van der Waals surface area contributed by atoms with E-state index >= 15 is 0 Å². The van der Waals surface area contributed by atoms with E-state index in [0.29, 0.717) is 35.1 Å². The van der Waals surface area contributed by atoms with Gasteiger partial charge in [-0.2, -0.15) is 0 Å². The number of imide groups is 1. The first-order valence-electron chi connectivity index (χ1n) is 5.22. The number of aromatic nitrogens is 1. The van der Waals surface area contributed by atoms with Crippen molar-refractivity contribution >= 4 is 35.0 Å². The van der Waals surface area contributed by atoms with Gasteiger partial charge in [-0.15, -0.1) is 0 Å². The molecule has 0 unspecified atom stereocenters. The van der Waals surface area contributed by atoms with Crippen molar-refractivity contribution in [2.24, 2.45) is 0 Å². The van der Waals surface area contributed by atoms with Gasteiger partial charge in [0.25, 0.3) is 0 Å². The topological polar surface area (TPSA) is 50.3 Å². The van der Waals surface area contributed by atoms with Crippen LogP contribution in [0.25, 0.3) is 0 Å². The summed E-state index contributed by atoms with van der Waals surface area (Å²) in [7, 11) is 0. The summed E-state index contributed by atoms with van der Waals surface area (Å²) in [6.45, 7) is 0.0943. The van der Waals surface area contributed by atoms with E-state index in [4.69, 9.17) is 23.2 Å². The second-order valence-corrected chi connectivity index (χ2v) is 4.58. The van der Waals surface area contributed by atoms with Gasteiger partial charge in [-0.3, -0.25) is 14.5 Å². The highest BCUT2D eigenvalue weighted by Crippen LogP contribution is 2.21. The second-order valence-electron chi connectivity index (χ2n) is 3.79. The van der Waals surface area contributed by atoms with Gasteiger partial charge in [-0.25, -0.2) is 4.98 Å². The van der Waals surface area contributed by atoms with Crippen molar-refractivity contribution in [3.8, 4) is 0 Å². The highest BCUT2D eigenvalue weighted by Gasteiger charge is 2.26. The van der Waals surface area contributed by atoms with Crippen molar-refractivity contribution in [2.45, 2.75) is 25.8 Å². The van der Waals surface area contributed by atoms with Crippen LogP contribution in [0.3, 0.4) is 0 Å². The van der Waals surface area contributed by atoms with Crippen LogP contribution < -0.4 is 0 Å².